The second-order valence-corrected chi connectivity index (χ2v) is 10.4. The van der Waals surface area contributed by atoms with Crippen molar-refractivity contribution in [3.05, 3.63) is 104 Å². The first-order valence-electron chi connectivity index (χ1n) is 13.2. The minimum atomic E-state index is -5.10. The van der Waals surface area contributed by atoms with Gasteiger partial charge in [0, 0.05) is 17.8 Å². The second kappa shape index (κ2) is 11.6. The Morgan fingerprint density at radius 3 is 2.34 bits per heavy atom. The molecule has 12 heteroatoms. The maximum Gasteiger partial charge on any atom is 0.471 e. The van der Waals surface area contributed by atoms with Crippen molar-refractivity contribution in [2.75, 3.05) is 6.61 Å². The van der Waals surface area contributed by atoms with E-state index in [1.807, 2.05) is 60.7 Å². The highest BCUT2D eigenvalue weighted by atomic mass is 19.4. The smallest absolute Gasteiger partial charge is 0.374 e. The molecule has 2 bridgehead atoms. The van der Waals surface area contributed by atoms with E-state index in [9.17, 15) is 27.6 Å². The Hall–Kier alpha value is -3.74. The van der Waals surface area contributed by atoms with Crippen LogP contribution in [0.25, 0.3) is 0 Å². The van der Waals surface area contributed by atoms with Gasteiger partial charge in [0.1, 0.15) is 11.8 Å². The number of ether oxygens (including phenoxy) is 3. The third-order valence-electron chi connectivity index (χ3n) is 7.62. The number of nitrogens with one attached hydrogen (secondary N) is 2. The summed E-state index contributed by atoms with van der Waals surface area (Å²) in [5, 5.41) is 2.11. The molecule has 218 valence electrons. The van der Waals surface area contributed by atoms with Gasteiger partial charge in [0.25, 0.3) is 5.56 Å². The van der Waals surface area contributed by atoms with Crippen molar-refractivity contribution in [2.45, 2.75) is 63.1 Å². The summed E-state index contributed by atoms with van der Waals surface area (Å²) >= 11 is 0. The largest absolute Gasteiger partial charge is 0.471 e. The molecule has 0 spiro atoms. The summed E-state index contributed by atoms with van der Waals surface area (Å²) in [6.07, 6.45) is -5.50. The standard InChI is InChI=1S/C29H30F3N3O6/c1-18-14-35(27(38)34-24(18)36)25-22-21(33-26(37)29(30,31)32)12-13-28(41-25,17-39-15-19-8-4-2-5-9-19)23(22)40-16-20-10-6-3-7-11-20/h2-11,14,21-23,25H,12-13,15-17H2,1H3,(H,33,37)(H,34,36,38)/t21-,22-,23+,25-,28-/m1/s1. The number of aromatic amines is 1. The monoisotopic (exact) mass is 573 g/mol. The Morgan fingerprint density at radius 2 is 1.71 bits per heavy atom. The van der Waals surface area contributed by atoms with E-state index in [4.69, 9.17) is 14.2 Å². The van der Waals surface area contributed by atoms with Crippen molar-refractivity contribution in [3.8, 4) is 0 Å². The fourth-order valence-corrected chi connectivity index (χ4v) is 5.65. The lowest BCUT2D eigenvalue weighted by Gasteiger charge is -2.42. The van der Waals surface area contributed by atoms with E-state index >= 15 is 0 Å². The highest BCUT2D eigenvalue weighted by molar-refractivity contribution is 5.82. The molecule has 2 fully saturated rings. The quantitative estimate of drug-likeness (QED) is 0.406. The maximum atomic E-state index is 13.3. The van der Waals surface area contributed by atoms with E-state index in [2.05, 4.69) is 10.3 Å². The first kappa shape index (κ1) is 28.8. The van der Waals surface area contributed by atoms with Crippen molar-refractivity contribution in [2.24, 2.45) is 5.92 Å². The van der Waals surface area contributed by atoms with Crippen molar-refractivity contribution >= 4 is 5.91 Å². The van der Waals surface area contributed by atoms with Gasteiger partial charge >= 0.3 is 17.8 Å². The molecular formula is C29H30F3N3O6. The Balaban J connectivity index is 1.52. The summed E-state index contributed by atoms with van der Waals surface area (Å²) in [5.74, 6) is -3.00. The van der Waals surface area contributed by atoms with Crippen LogP contribution in [0.5, 0.6) is 0 Å². The number of alkyl halides is 3. The van der Waals surface area contributed by atoms with Gasteiger partial charge in [-0.05, 0) is 30.9 Å². The van der Waals surface area contributed by atoms with E-state index < -0.39 is 53.2 Å². The summed E-state index contributed by atoms with van der Waals surface area (Å²) in [5.41, 5.74) is -0.588. The highest BCUT2D eigenvalue weighted by Crippen LogP contribution is 2.52. The number of hydrogen-bond donors (Lipinski definition) is 2. The van der Waals surface area contributed by atoms with E-state index in [1.165, 1.54) is 13.1 Å². The predicted octanol–water partition coefficient (Wildman–Crippen LogP) is 3.37. The van der Waals surface area contributed by atoms with Crippen LogP contribution in [0, 0.1) is 12.8 Å². The van der Waals surface area contributed by atoms with Crippen molar-refractivity contribution in [3.63, 3.8) is 0 Å². The number of H-pyrrole nitrogens is 1. The first-order valence-corrected chi connectivity index (χ1v) is 13.2. The van der Waals surface area contributed by atoms with Crippen molar-refractivity contribution in [1.82, 2.24) is 14.9 Å². The summed E-state index contributed by atoms with van der Waals surface area (Å²) < 4.78 is 60.1. The number of nitrogens with zero attached hydrogens (tertiary/aromatic N) is 1. The molecule has 2 heterocycles. The Kier molecular flexibility index (Phi) is 8.16. The van der Waals surface area contributed by atoms with Crippen LogP contribution in [0.15, 0.2) is 76.4 Å². The number of amides is 1. The molecule has 1 aliphatic carbocycles. The van der Waals surface area contributed by atoms with E-state index in [-0.39, 0.29) is 38.2 Å². The summed E-state index contributed by atoms with van der Waals surface area (Å²) in [6.45, 7) is 1.88. The molecule has 1 aliphatic heterocycles. The number of carbonyl (C=O) groups is 1. The molecule has 1 aromatic heterocycles. The molecule has 2 aromatic carbocycles. The zero-order valence-corrected chi connectivity index (χ0v) is 22.2. The fourth-order valence-electron chi connectivity index (χ4n) is 5.65. The molecule has 5 atom stereocenters. The Morgan fingerprint density at radius 1 is 1.07 bits per heavy atom. The van der Waals surface area contributed by atoms with Crippen molar-refractivity contribution < 1.29 is 32.2 Å². The van der Waals surface area contributed by atoms with Gasteiger partial charge in [-0.2, -0.15) is 13.2 Å². The molecule has 3 aromatic rings. The average molecular weight is 574 g/mol. The van der Waals surface area contributed by atoms with Gasteiger partial charge < -0.3 is 19.5 Å². The third-order valence-corrected chi connectivity index (χ3v) is 7.62. The number of hydrogen-bond acceptors (Lipinski definition) is 6. The molecule has 41 heavy (non-hydrogen) atoms. The van der Waals surface area contributed by atoms with Gasteiger partial charge in [-0.15, -0.1) is 0 Å². The van der Waals surface area contributed by atoms with Gasteiger partial charge in [0.2, 0.25) is 0 Å². The van der Waals surface area contributed by atoms with Gasteiger partial charge in [-0.3, -0.25) is 19.1 Å². The molecule has 2 N–H and O–H groups in total. The van der Waals surface area contributed by atoms with Crippen LogP contribution in [0.4, 0.5) is 13.2 Å². The lowest BCUT2D eigenvalue weighted by molar-refractivity contribution is -0.177. The number of halogens is 3. The molecule has 1 saturated heterocycles. The number of rotatable bonds is 9. The Bertz CT molecular complexity index is 1480. The number of aryl methyl sites for hydroxylation is 1. The van der Waals surface area contributed by atoms with Crippen LogP contribution in [-0.4, -0.2) is 46.0 Å². The summed E-state index contributed by atoms with van der Waals surface area (Å²) in [4.78, 5) is 39.3. The number of carbonyl (C=O) groups excluding carboxylic acids is 1. The molecule has 0 radical (unpaired) electrons. The van der Waals surface area contributed by atoms with Crippen LogP contribution in [0.1, 0.15) is 35.8 Å². The molecular weight excluding hydrogens is 543 g/mol. The second-order valence-electron chi connectivity index (χ2n) is 10.4. The molecule has 1 amide bonds. The van der Waals surface area contributed by atoms with Crippen molar-refractivity contribution in [1.29, 1.82) is 0 Å². The lowest BCUT2D eigenvalue weighted by atomic mass is 9.74. The number of benzene rings is 2. The normalized spacial score (nSPS) is 25.7. The van der Waals surface area contributed by atoms with Gasteiger partial charge in [0.05, 0.1) is 31.8 Å². The maximum absolute atomic E-state index is 13.3. The molecule has 5 rings (SSSR count). The van der Waals surface area contributed by atoms with Crippen LogP contribution in [0.2, 0.25) is 0 Å². The van der Waals surface area contributed by atoms with Crippen LogP contribution >= 0.6 is 0 Å². The fraction of sp³-hybridized carbons (Fsp3) is 0.414. The molecule has 1 saturated carbocycles. The minimum Gasteiger partial charge on any atom is -0.374 e. The average Bonchev–Trinajstić information content (AvgIpc) is 3.16. The van der Waals surface area contributed by atoms with E-state index in [0.717, 1.165) is 15.7 Å². The van der Waals surface area contributed by atoms with Gasteiger partial charge in [0.15, 0.2) is 0 Å². The van der Waals surface area contributed by atoms with Gasteiger partial charge in [-0.1, -0.05) is 60.7 Å². The number of aromatic nitrogens is 2. The first-order chi connectivity index (χ1) is 19.6. The van der Waals surface area contributed by atoms with E-state index in [0.29, 0.717) is 0 Å². The zero-order valence-electron chi connectivity index (χ0n) is 22.2. The minimum absolute atomic E-state index is 0.0192. The summed E-state index contributed by atoms with van der Waals surface area (Å²) in [6, 6.07) is 17.6. The van der Waals surface area contributed by atoms with Gasteiger partial charge in [-0.25, -0.2) is 4.79 Å². The lowest BCUT2D eigenvalue weighted by Crippen LogP contribution is -2.58. The topological polar surface area (TPSA) is 112 Å². The molecule has 2 aliphatic rings. The van der Waals surface area contributed by atoms with Crippen LogP contribution < -0.4 is 16.6 Å². The highest BCUT2D eigenvalue weighted by Gasteiger charge is 2.63. The summed E-state index contributed by atoms with van der Waals surface area (Å²) in [7, 11) is 0. The van der Waals surface area contributed by atoms with Crippen LogP contribution in [0.3, 0.4) is 0 Å². The third kappa shape index (κ3) is 6.14. The molecule has 0 unspecified atom stereocenters. The molecule has 9 nitrogen and oxygen atoms in total. The number of fused-ring (bicyclic) bond motifs is 2. The SMILES string of the molecule is Cc1cn([C@@H]2O[C@@]3(COCc4ccccc4)CC[C@@H](NC(=O)C(F)(F)F)[C@@H]2[C@@H]3OCc2ccccc2)c(=O)[nH]c1=O. The van der Waals surface area contributed by atoms with Crippen LogP contribution in [-0.2, 0) is 32.2 Å². The predicted molar refractivity (Wildman–Crippen MR) is 141 cm³/mol. The Labute approximate surface area is 233 Å². The zero-order chi connectivity index (χ0) is 29.2. The van der Waals surface area contributed by atoms with E-state index in [1.54, 1.807) is 0 Å².